The fourth-order valence-corrected chi connectivity index (χ4v) is 2.21. The van der Waals surface area contributed by atoms with Gasteiger partial charge in [-0.15, -0.1) is 0 Å². The number of hydrogen-bond donors (Lipinski definition) is 1. The van der Waals surface area contributed by atoms with Crippen molar-refractivity contribution in [1.29, 1.82) is 0 Å². The van der Waals surface area contributed by atoms with Crippen molar-refractivity contribution in [3.8, 4) is 11.5 Å². The Kier molecular flexibility index (Phi) is 3.47. The van der Waals surface area contributed by atoms with Crippen LogP contribution in [0.25, 0.3) is 11.5 Å². The van der Waals surface area contributed by atoms with Gasteiger partial charge < -0.3 is 0 Å². The molecule has 2 aromatic heterocycles. The Bertz CT molecular complexity index is 712. The molecule has 0 fully saturated rings. The molecule has 0 unspecified atom stereocenters. The Morgan fingerprint density at radius 2 is 1.85 bits per heavy atom. The highest BCUT2D eigenvalue weighted by molar-refractivity contribution is 7.10. The van der Waals surface area contributed by atoms with Crippen LogP contribution in [-0.2, 0) is 0 Å². The smallest absolute Gasteiger partial charge is 0.257 e. The predicted molar refractivity (Wildman–Crippen MR) is 77.5 cm³/mol. The number of rotatable bonds is 3. The van der Waals surface area contributed by atoms with Gasteiger partial charge in [0.15, 0.2) is 5.82 Å². The van der Waals surface area contributed by atoms with Crippen LogP contribution < -0.4 is 5.32 Å². The summed E-state index contributed by atoms with van der Waals surface area (Å²) in [6, 6.07) is 14.5. The van der Waals surface area contributed by atoms with Crippen molar-refractivity contribution in [1.82, 2.24) is 14.3 Å². The fourth-order valence-electron chi connectivity index (χ4n) is 1.63. The SMILES string of the molecule is O=C(Nc1nc(-c2ccccn2)ns1)c1ccccc1. The van der Waals surface area contributed by atoms with Gasteiger partial charge in [0.05, 0.1) is 0 Å². The molecule has 2 heterocycles. The van der Waals surface area contributed by atoms with E-state index in [4.69, 9.17) is 0 Å². The number of nitrogens with one attached hydrogen (secondary N) is 1. The lowest BCUT2D eigenvalue weighted by Crippen LogP contribution is -2.11. The van der Waals surface area contributed by atoms with Crippen LogP contribution in [0.15, 0.2) is 54.7 Å². The molecule has 98 valence electrons. The first-order valence-electron chi connectivity index (χ1n) is 5.94. The maximum Gasteiger partial charge on any atom is 0.257 e. The second-order valence-electron chi connectivity index (χ2n) is 3.96. The van der Waals surface area contributed by atoms with Crippen LogP contribution in [0, 0.1) is 0 Å². The minimum atomic E-state index is -0.200. The third-order valence-corrected chi connectivity index (χ3v) is 3.21. The van der Waals surface area contributed by atoms with Gasteiger partial charge in [0.1, 0.15) is 5.69 Å². The topological polar surface area (TPSA) is 67.8 Å². The lowest BCUT2D eigenvalue weighted by molar-refractivity contribution is 0.102. The molecule has 3 rings (SSSR count). The van der Waals surface area contributed by atoms with Gasteiger partial charge in [0.2, 0.25) is 5.13 Å². The van der Waals surface area contributed by atoms with E-state index in [9.17, 15) is 4.79 Å². The molecular weight excluding hydrogens is 272 g/mol. The highest BCUT2D eigenvalue weighted by Gasteiger charge is 2.11. The molecule has 0 spiro atoms. The number of benzene rings is 1. The molecule has 20 heavy (non-hydrogen) atoms. The molecule has 0 aliphatic carbocycles. The molecule has 0 atom stereocenters. The molecule has 1 amide bonds. The molecule has 0 radical (unpaired) electrons. The predicted octanol–water partition coefficient (Wildman–Crippen LogP) is 2.85. The lowest BCUT2D eigenvalue weighted by Gasteiger charge is -1.99. The first kappa shape index (κ1) is 12.4. The van der Waals surface area contributed by atoms with Crippen LogP contribution in [0.4, 0.5) is 5.13 Å². The van der Waals surface area contributed by atoms with E-state index in [0.29, 0.717) is 22.2 Å². The summed E-state index contributed by atoms with van der Waals surface area (Å²) >= 11 is 1.13. The lowest BCUT2D eigenvalue weighted by atomic mass is 10.2. The molecule has 0 aliphatic rings. The third-order valence-electron chi connectivity index (χ3n) is 2.58. The van der Waals surface area contributed by atoms with Gasteiger partial charge in [-0.25, -0.2) is 0 Å². The average Bonchev–Trinajstić information content (AvgIpc) is 2.97. The molecule has 6 heteroatoms. The number of carbonyl (C=O) groups is 1. The Morgan fingerprint density at radius 3 is 2.60 bits per heavy atom. The van der Waals surface area contributed by atoms with Crippen LogP contribution >= 0.6 is 11.5 Å². The van der Waals surface area contributed by atoms with Crippen molar-refractivity contribution in [2.24, 2.45) is 0 Å². The summed E-state index contributed by atoms with van der Waals surface area (Å²) in [7, 11) is 0. The number of pyridine rings is 1. The van der Waals surface area contributed by atoms with Gasteiger partial charge in [0.25, 0.3) is 5.91 Å². The summed E-state index contributed by atoms with van der Waals surface area (Å²) in [6.45, 7) is 0. The number of aromatic nitrogens is 3. The van der Waals surface area contributed by atoms with Crippen LogP contribution in [0.2, 0.25) is 0 Å². The zero-order valence-corrected chi connectivity index (χ0v) is 11.2. The second kappa shape index (κ2) is 5.58. The van der Waals surface area contributed by atoms with Crippen molar-refractivity contribution in [3.05, 3.63) is 60.3 Å². The Balaban J connectivity index is 1.77. The Morgan fingerprint density at radius 1 is 1.05 bits per heavy atom. The zero-order chi connectivity index (χ0) is 13.8. The first-order chi connectivity index (χ1) is 9.83. The van der Waals surface area contributed by atoms with E-state index < -0.39 is 0 Å². The van der Waals surface area contributed by atoms with Gasteiger partial charge in [0, 0.05) is 23.3 Å². The quantitative estimate of drug-likeness (QED) is 0.802. The summed E-state index contributed by atoms with van der Waals surface area (Å²) < 4.78 is 4.19. The van der Waals surface area contributed by atoms with Crippen LogP contribution in [0.1, 0.15) is 10.4 Å². The van der Waals surface area contributed by atoms with Gasteiger partial charge in [-0.3, -0.25) is 15.1 Å². The highest BCUT2D eigenvalue weighted by Crippen LogP contribution is 2.19. The number of carbonyl (C=O) groups excluding carboxylic acids is 1. The summed E-state index contributed by atoms with van der Waals surface area (Å²) in [4.78, 5) is 20.4. The van der Waals surface area contributed by atoms with E-state index in [2.05, 4.69) is 19.7 Å². The number of amides is 1. The van der Waals surface area contributed by atoms with E-state index in [1.54, 1.807) is 18.3 Å². The van der Waals surface area contributed by atoms with Gasteiger partial charge in [-0.1, -0.05) is 24.3 Å². The molecule has 1 aromatic carbocycles. The minimum Gasteiger partial charge on any atom is -0.297 e. The largest absolute Gasteiger partial charge is 0.297 e. The molecule has 5 nitrogen and oxygen atoms in total. The molecule has 0 saturated carbocycles. The van der Waals surface area contributed by atoms with Gasteiger partial charge >= 0.3 is 0 Å². The standard InChI is InChI=1S/C14H10N4OS/c19-13(10-6-2-1-3-7-10)17-14-16-12(18-20-14)11-8-4-5-9-15-11/h1-9H,(H,16,17,18,19). The van der Waals surface area contributed by atoms with E-state index in [1.165, 1.54) is 0 Å². The number of anilines is 1. The highest BCUT2D eigenvalue weighted by atomic mass is 32.1. The maximum atomic E-state index is 12.0. The van der Waals surface area contributed by atoms with E-state index >= 15 is 0 Å². The van der Waals surface area contributed by atoms with E-state index in [-0.39, 0.29) is 5.91 Å². The minimum absolute atomic E-state index is 0.200. The zero-order valence-electron chi connectivity index (χ0n) is 10.4. The number of nitrogens with zero attached hydrogens (tertiary/aromatic N) is 3. The summed E-state index contributed by atoms with van der Waals surface area (Å²) in [6.07, 6.45) is 1.68. The van der Waals surface area contributed by atoms with Crippen molar-refractivity contribution >= 4 is 22.6 Å². The Hall–Kier alpha value is -2.60. The maximum absolute atomic E-state index is 12.0. The molecule has 0 saturated heterocycles. The molecule has 0 bridgehead atoms. The fraction of sp³-hybridized carbons (Fsp3) is 0. The molecule has 1 N–H and O–H groups in total. The van der Waals surface area contributed by atoms with E-state index in [1.807, 2.05) is 36.4 Å². The molecule has 3 aromatic rings. The molecular formula is C14H10N4OS. The summed E-state index contributed by atoms with van der Waals surface area (Å²) in [5, 5.41) is 3.18. The second-order valence-corrected chi connectivity index (χ2v) is 4.71. The number of hydrogen-bond acceptors (Lipinski definition) is 5. The molecule has 0 aliphatic heterocycles. The van der Waals surface area contributed by atoms with Crippen molar-refractivity contribution < 1.29 is 4.79 Å². The third kappa shape index (κ3) is 2.70. The van der Waals surface area contributed by atoms with Crippen molar-refractivity contribution in [3.63, 3.8) is 0 Å². The van der Waals surface area contributed by atoms with Gasteiger partial charge in [-0.2, -0.15) is 9.36 Å². The van der Waals surface area contributed by atoms with Gasteiger partial charge in [-0.05, 0) is 24.3 Å². The summed E-state index contributed by atoms with van der Waals surface area (Å²) in [5.41, 5.74) is 1.27. The van der Waals surface area contributed by atoms with E-state index in [0.717, 1.165) is 11.5 Å². The van der Waals surface area contributed by atoms with Crippen molar-refractivity contribution in [2.45, 2.75) is 0 Å². The normalized spacial score (nSPS) is 10.2. The van der Waals surface area contributed by atoms with Crippen LogP contribution in [0.3, 0.4) is 0 Å². The summed E-state index contributed by atoms with van der Waals surface area (Å²) in [5.74, 6) is 0.313. The van der Waals surface area contributed by atoms with Crippen LogP contribution in [-0.4, -0.2) is 20.2 Å². The Labute approximate surface area is 119 Å². The average molecular weight is 282 g/mol. The monoisotopic (exact) mass is 282 g/mol. The van der Waals surface area contributed by atoms with Crippen molar-refractivity contribution in [2.75, 3.05) is 5.32 Å². The first-order valence-corrected chi connectivity index (χ1v) is 6.72. The van der Waals surface area contributed by atoms with Crippen LogP contribution in [0.5, 0.6) is 0 Å².